The number of carboxylic acids is 1. The Bertz CT molecular complexity index is 810. The number of nitrogens with one attached hydrogen (secondary N) is 1. The number of oxime groups is 1. The maximum atomic E-state index is 13.0. The molecule has 1 amide bonds. The summed E-state index contributed by atoms with van der Waals surface area (Å²) < 4.78 is 5.42. The molecule has 8 heteroatoms. The van der Waals surface area contributed by atoms with E-state index >= 15 is 0 Å². The highest BCUT2D eigenvalue weighted by molar-refractivity contribution is 6.08. The number of benzene rings is 1. The highest BCUT2D eigenvalue weighted by Crippen LogP contribution is 2.34. The zero-order valence-electron chi connectivity index (χ0n) is 15.5. The lowest BCUT2D eigenvalue weighted by molar-refractivity contribution is -0.156. The Hall–Kier alpha value is -3.08. The lowest BCUT2D eigenvalue weighted by Gasteiger charge is -2.29. The summed E-state index contributed by atoms with van der Waals surface area (Å²) in [6.45, 7) is -0.131. The van der Waals surface area contributed by atoms with Gasteiger partial charge in [-0.2, -0.15) is 5.26 Å². The van der Waals surface area contributed by atoms with E-state index in [2.05, 4.69) is 10.5 Å². The highest BCUT2D eigenvalue weighted by Gasteiger charge is 2.49. The topological polar surface area (TPSA) is 121 Å². The number of nitriles is 1. The molecule has 1 aliphatic heterocycles. The summed E-state index contributed by atoms with van der Waals surface area (Å²) in [5.41, 5.74) is -0.579. The summed E-state index contributed by atoms with van der Waals surface area (Å²) in [7, 11) is 0. The van der Waals surface area contributed by atoms with Gasteiger partial charge in [0.25, 0.3) is 5.91 Å². The van der Waals surface area contributed by atoms with Crippen molar-refractivity contribution in [3.05, 3.63) is 29.8 Å². The van der Waals surface area contributed by atoms with Crippen LogP contribution in [0.2, 0.25) is 0 Å². The monoisotopic (exact) mass is 385 g/mol. The molecule has 8 nitrogen and oxygen atoms in total. The van der Waals surface area contributed by atoms with Crippen molar-refractivity contribution in [2.45, 2.75) is 56.6 Å². The van der Waals surface area contributed by atoms with Gasteiger partial charge in [-0.1, -0.05) is 36.6 Å². The van der Waals surface area contributed by atoms with Gasteiger partial charge >= 0.3 is 5.97 Å². The van der Waals surface area contributed by atoms with Gasteiger partial charge in [0.2, 0.25) is 5.60 Å². The van der Waals surface area contributed by atoms with Crippen molar-refractivity contribution in [1.29, 1.82) is 5.26 Å². The van der Waals surface area contributed by atoms with Crippen molar-refractivity contribution >= 4 is 17.6 Å². The summed E-state index contributed by atoms with van der Waals surface area (Å²) in [5, 5.41) is 25.1. The summed E-state index contributed by atoms with van der Waals surface area (Å²) in [5.74, 6) is -1.15. The van der Waals surface area contributed by atoms with Crippen LogP contribution in [-0.4, -0.2) is 40.9 Å². The van der Waals surface area contributed by atoms with Crippen molar-refractivity contribution in [1.82, 2.24) is 5.32 Å². The van der Waals surface area contributed by atoms with Crippen LogP contribution in [0.4, 0.5) is 0 Å². The first kappa shape index (κ1) is 19.7. The van der Waals surface area contributed by atoms with Gasteiger partial charge in [0, 0.05) is 18.0 Å². The molecule has 148 valence electrons. The molecule has 0 radical (unpaired) electrons. The Kier molecular flexibility index (Phi) is 6.14. The van der Waals surface area contributed by atoms with Crippen LogP contribution < -0.4 is 10.1 Å². The van der Waals surface area contributed by atoms with Crippen molar-refractivity contribution in [3.8, 4) is 11.8 Å². The average molecular weight is 385 g/mol. The van der Waals surface area contributed by atoms with E-state index in [0.29, 0.717) is 17.0 Å². The third-order valence-electron chi connectivity index (χ3n) is 5.06. The molecule has 1 unspecified atom stereocenters. The van der Waals surface area contributed by atoms with E-state index in [0.717, 1.165) is 32.1 Å². The van der Waals surface area contributed by atoms with E-state index in [4.69, 9.17) is 14.8 Å². The molecule has 1 atom stereocenters. The fraction of sp³-hybridized carbons (Fsp3) is 0.500. The van der Waals surface area contributed by atoms with Crippen LogP contribution in [0.3, 0.4) is 0 Å². The Labute approximate surface area is 163 Å². The Balaban J connectivity index is 1.79. The molecule has 2 aliphatic rings. The predicted octanol–water partition coefficient (Wildman–Crippen LogP) is 2.38. The van der Waals surface area contributed by atoms with Crippen molar-refractivity contribution in [2.24, 2.45) is 5.16 Å². The second kappa shape index (κ2) is 8.74. The number of carboxylic acid groups (broad SMARTS) is 1. The highest BCUT2D eigenvalue weighted by atomic mass is 16.7. The fourth-order valence-corrected chi connectivity index (χ4v) is 3.67. The Morgan fingerprint density at radius 1 is 1.32 bits per heavy atom. The van der Waals surface area contributed by atoms with Crippen LogP contribution in [0.25, 0.3) is 0 Å². The van der Waals surface area contributed by atoms with E-state index in [9.17, 15) is 14.7 Å². The number of carbonyl (C=O) groups excluding carboxylic acids is 1. The largest absolute Gasteiger partial charge is 0.481 e. The summed E-state index contributed by atoms with van der Waals surface area (Å²) >= 11 is 0. The van der Waals surface area contributed by atoms with Gasteiger partial charge in [0.15, 0.2) is 6.61 Å². The number of amides is 1. The normalized spacial score (nSPS) is 21.9. The van der Waals surface area contributed by atoms with E-state index in [-0.39, 0.29) is 19.1 Å². The smallest absolute Gasteiger partial charge is 0.308 e. The molecule has 1 heterocycles. The van der Waals surface area contributed by atoms with Crippen molar-refractivity contribution < 1.29 is 24.3 Å². The first-order chi connectivity index (χ1) is 13.5. The zero-order chi connectivity index (χ0) is 20.0. The number of rotatable bonds is 7. The molecule has 1 aromatic carbocycles. The van der Waals surface area contributed by atoms with Gasteiger partial charge in [-0.15, -0.1) is 0 Å². The maximum Gasteiger partial charge on any atom is 0.308 e. The molecular weight excluding hydrogens is 362 g/mol. The van der Waals surface area contributed by atoms with Crippen LogP contribution >= 0.6 is 0 Å². The Morgan fingerprint density at radius 3 is 2.79 bits per heavy atom. The predicted molar refractivity (Wildman–Crippen MR) is 99.8 cm³/mol. The van der Waals surface area contributed by atoms with E-state index in [1.807, 2.05) is 6.07 Å². The molecule has 0 spiro atoms. The molecule has 1 fully saturated rings. The molecular formula is C20H23N3O5. The molecule has 0 aromatic heterocycles. The maximum absolute atomic E-state index is 13.0. The molecule has 1 saturated carbocycles. The van der Waals surface area contributed by atoms with E-state index in [1.54, 1.807) is 24.3 Å². The molecule has 0 bridgehead atoms. The summed E-state index contributed by atoms with van der Waals surface area (Å²) in [6, 6.07) is 8.90. The molecule has 28 heavy (non-hydrogen) atoms. The van der Waals surface area contributed by atoms with E-state index < -0.39 is 23.9 Å². The average Bonchev–Trinajstić information content (AvgIpc) is 3.12. The lowest BCUT2D eigenvalue weighted by Crippen LogP contribution is -2.52. The summed E-state index contributed by atoms with van der Waals surface area (Å²) in [4.78, 5) is 29.9. The number of nitrogens with zero attached hydrogens (tertiary/aromatic N) is 2. The zero-order valence-corrected chi connectivity index (χ0v) is 15.5. The number of hydrogen-bond acceptors (Lipinski definition) is 6. The number of aliphatic carboxylic acids is 1. The molecule has 2 N–H and O–H groups in total. The minimum atomic E-state index is -1.58. The van der Waals surface area contributed by atoms with Crippen LogP contribution in [-0.2, 0) is 14.4 Å². The standard InChI is InChI=1S/C20H23N3O5/c21-10-11-27-17-9-5-4-8-15(17)16-12-20(28-23-16,13-18(24)25)19(26)22-14-6-2-1-3-7-14/h4-5,8-9,14H,1-3,6-7,11-13H2,(H,22,26)(H,24,25). The van der Waals surface area contributed by atoms with Gasteiger partial charge in [-0.25, -0.2) is 0 Å². The molecule has 1 aliphatic carbocycles. The number of para-hydroxylation sites is 1. The fourth-order valence-electron chi connectivity index (χ4n) is 3.67. The second-order valence-corrected chi connectivity index (χ2v) is 7.12. The molecule has 1 aromatic rings. The third kappa shape index (κ3) is 4.42. The SMILES string of the molecule is N#CCOc1ccccc1C1=NOC(CC(=O)O)(C(=O)NC2CCCCC2)C1. The molecule has 0 saturated heterocycles. The van der Waals surface area contributed by atoms with Gasteiger partial charge in [0.05, 0.1) is 12.1 Å². The quantitative estimate of drug-likeness (QED) is 0.743. The van der Waals surface area contributed by atoms with Gasteiger partial charge < -0.3 is 20.0 Å². The second-order valence-electron chi connectivity index (χ2n) is 7.12. The lowest BCUT2D eigenvalue weighted by atomic mass is 9.88. The minimum Gasteiger partial charge on any atom is -0.481 e. The first-order valence-electron chi connectivity index (χ1n) is 9.41. The van der Waals surface area contributed by atoms with Crippen LogP contribution in [0.15, 0.2) is 29.4 Å². The third-order valence-corrected chi connectivity index (χ3v) is 5.06. The van der Waals surface area contributed by atoms with Gasteiger partial charge in [-0.3, -0.25) is 9.59 Å². The van der Waals surface area contributed by atoms with Crippen LogP contribution in [0, 0.1) is 11.3 Å². The number of carbonyl (C=O) groups is 2. The van der Waals surface area contributed by atoms with Gasteiger partial charge in [0.1, 0.15) is 11.8 Å². The van der Waals surface area contributed by atoms with Crippen LogP contribution in [0.1, 0.15) is 50.5 Å². The van der Waals surface area contributed by atoms with Crippen LogP contribution in [0.5, 0.6) is 5.75 Å². The van der Waals surface area contributed by atoms with Gasteiger partial charge in [-0.05, 0) is 25.0 Å². The minimum absolute atomic E-state index is 0.0186. The van der Waals surface area contributed by atoms with E-state index in [1.165, 1.54) is 0 Å². The van der Waals surface area contributed by atoms with Crippen molar-refractivity contribution in [2.75, 3.05) is 6.61 Å². The number of hydrogen-bond donors (Lipinski definition) is 2. The number of ether oxygens (including phenoxy) is 1. The first-order valence-corrected chi connectivity index (χ1v) is 9.41. The summed E-state index contributed by atoms with van der Waals surface area (Å²) in [6.07, 6.45) is 4.54. The Morgan fingerprint density at radius 2 is 2.07 bits per heavy atom. The molecule has 3 rings (SSSR count). The van der Waals surface area contributed by atoms with Crippen molar-refractivity contribution in [3.63, 3.8) is 0 Å².